The van der Waals surface area contributed by atoms with Crippen molar-refractivity contribution in [3.8, 4) is 0 Å². The van der Waals surface area contributed by atoms with Crippen LogP contribution in [0.25, 0.3) is 0 Å². The molecule has 3 aliphatic heterocycles. The lowest BCUT2D eigenvalue weighted by Crippen LogP contribution is -2.62. The third kappa shape index (κ3) is 6.18. The number of ether oxygens (including phenoxy) is 1. The Morgan fingerprint density at radius 3 is 2.82 bits per heavy atom. The third-order valence-electron chi connectivity index (χ3n) is 8.41. The number of hydrogen-bond donors (Lipinski definition) is 2. The highest BCUT2D eigenvalue weighted by Crippen LogP contribution is 2.41. The van der Waals surface area contributed by atoms with Crippen molar-refractivity contribution >= 4 is 11.6 Å². The van der Waals surface area contributed by atoms with Crippen molar-refractivity contribution in [3.05, 3.63) is 58.7 Å². The highest BCUT2D eigenvalue weighted by Gasteiger charge is 2.41. The smallest absolute Gasteiger partial charge is 0.241 e. The van der Waals surface area contributed by atoms with E-state index in [4.69, 9.17) is 9.72 Å². The van der Waals surface area contributed by atoms with Crippen LogP contribution in [0, 0.1) is 5.82 Å². The Morgan fingerprint density at radius 1 is 1.26 bits per heavy atom. The second-order valence-electron chi connectivity index (χ2n) is 12.1. The number of carbonyl (C=O) groups excluding carboxylic acids is 1. The number of piperazine rings is 1. The van der Waals surface area contributed by atoms with Crippen molar-refractivity contribution in [2.45, 2.75) is 64.3 Å². The normalized spacial score (nSPS) is 25.6. The molecule has 39 heavy (non-hydrogen) atoms. The highest BCUT2D eigenvalue weighted by molar-refractivity contribution is 5.97. The number of hydrogen-bond acceptors (Lipinski definition) is 7. The molecule has 0 bridgehead atoms. The molecule has 0 unspecified atom stereocenters. The van der Waals surface area contributed by atoms with Gasteiger partial charge in [0.05, 0.1) is 43.4 Å². The van der Waals surface area contributed by atoms with Crippen LogP contribution in [0.2, 0.25) is 0 Å². The molecule has 3 aliphatic rings. The van der Waals surface area contributed by atoms with Gasteiger partial charge in [-0.2, -0.15) is 0 Å². The molecular formula is C30H42FN5O3. The molecule has 8 nitrogen and oxygen atoms in total. The summed E-state index contributed by atoms with van der Waals surface area (Å²) in [5, 5.41) is 13.7. The predicted octanol–water partition coefficient (Wildman–Crippen LogP) is 2.31. The summed E-state index contributed by atoms with van der Waals surface area (Å²) < 4.78 is 19.5. The number of aliphatic hydroxyl groups excluding tert-OH is 1. The number of amides is 1. The lowest BCUT2D eigenvalue weighted by Gasteiger charge is -2.43. The second-order valence-corrected chi connectivity index (χ2v) is 12.1. The van der Waals surface area contributed by atoms with E-state index in [1.54, 1.807) is 6.07 Å². The molecule has 3 atom stereocenters. The molecule has 0 saturated carbocycles. The van der Waals surface area contributed by atoms with Crippen molar-refractivity contribution in [1.29, 1.82) is 0 Å². The van der Waals surface area contributed by atoms with Gasteiger partial charge in [0.2, 0.25) is 5.91 Å². The minimum absolute atomic E-state index is 0.0613. The number of nitrogens with zero attached hydrogens (tertiary/aromatic N) is 4. The quantitative estimate of drug-likeness (QED) is 0.559. The first-order chi connectivity index (χ1) is 18.6. The maximum Gasteiger partial charge on any atom is 0.241 e. The first-order valence-corrected chi connectivity index (χ1v) is 14.1. The van der Waals surface area contributed by atoms with Gasteiger partial charge in [0.1, 0.15) is 5.82 Å². The molecule has 0 radical (unpaired) electrons. The van der Waals surface area contributed by atoms with Gasteiger partial charge >= 0.3 is 0 Å². The van der Waals surface area contributed by atoms with E-state index in [0.29, 0.717) is 37.3 Å². The number of benzene rings is 1. The van der Waals surface area contributed by atoms with E-state index >= 15 is 0 Å². The molecule has 9 heteroatoms. The maximum absolute atomic E-state index is 13.9. The van der Waals surface area contributed by atoms with E-state index in [-0.39, 0.29) is 29.8 Å². The lowest BCUT2D eigenvalue weighted by molar-refractivity contribution is -0.121. The number of fused-ring (bicyclic) bond motifs is 1. The van der Waals surface area contributed by atoms with Crippen molar-refractivity contribution in [2.75, 3.05) is 57.4 Å². The van der Waals surface area contributed by atoms with E-state index in [0.717, 1.165) is 61.9 Å². The fourth-order valence-corrected chi connectivity index (χ4v) is 6.19. The Labute approximate surface area is 231 Å². The molecule has 4 heterocycles. The van der Waals surface area contributed by atoms with Gasteiger partial charge in [-0.25, -0.2) is 4.39 Å². The van der Waals surface area contributed by atoms with E-state index in [2.05, 4.69) is 42.8 Å². The van der Waals surface area contributed by atoms with Crippen molar-refractivity contribution in [2.24, 2.45) is 0 Å². The molecule has 5 rings (SSSR count). The molecule has 2 aromatic rings. The minimum atomic E-state index is -0.342. The number of nitrogens with one attached hydrogen (secondary N) is 1. The van der Waals surface area contributed by atoms with Crippen LogP contribution in [0.3, 0.4) is 0 Å². The summed E-state index contributed by atoms with van der Waals surface area (Å²) in [5.41, 5.74) is 3.48. The van der Waals surface area contributed by atoms with Crippen LogP contribution >= 0.6 is 0 Å². The summed E-state index contributed by atoms with van der Waals surface area (Å²) in [6, 6.07) is 9.37. The molecule has 0 spiro atoms. The molecule has 2 saturated heterocycles. The molecular weight excluding hydrogens is 497 g/mol. The van der Waals surface area contributed by atoms with Crippen LogP contribution in [0.4, 0.5) is 10.1 Å². The number of rotatable bonds is 7. The third-order valence-corrected chi connectivity index (χ3v) is 8.41. The summed E-state index contributed by atoms with van der Waals surface area (Å²) in [6.07, 6.45) is 0.436. The Hall–Kier alpha value is -2.43. The number of morpholine rings is 1. The molecule has 2 N–H and O–H groups in total. The van der Waals surface area contributed by atoms with Crippen molar-refractivity contribution in [3.63, 3.8) is 0 Å². The van der Waals surface area contributed by atoms with Crippen LogP contribution in [0.5, 0.6) is 0 Å². The average molecular weight is 540 g/mol. The van der Waals surface area contributed by atoms with Gasteiger partial charge in [0.15, 0.2) is 0 Å². The molecule has 212 valence electrons. The number of aromatic nitrogens is 1. The van der Waals surface area contributed by atoms with Gasteiger partial charge in [-0.15, -0.1) is 0 Å². The zero-order valence-corrected chi connectivity index (χ0v) is 23.6. The number of carbonyl (C=O) groups is 1. The first-order valence-electron chi connectivity index (χ1n) is 14.1. The number of halogens is 1. The van der Waals surface area contributed by atoms with Gasteiger partial charge in [-0.05, 0) is 49.6 Å². The van der Waals surface area contributed by atoms with Crippen molar-refractivity contribution < 1.29 is 19.0 Å². The van der Waals surface area contributed by atoms with E-state index in [1.165, 1.54) is 12.1 Å². The van der Waals surface area contributed by atoms with Gasteiger partial charge in [0.25, 0.3) is 0 Å². The number of pyridine rings is 1. The van der Waals surface area contributed by atoms with E-state index < -0.39 is 0 Å². The Balaban J connectivity index is 1.38. The number of aliphatic hydroxyl groups is 1. The minimum Gasteiger partial charge on any atom is -0.390 e. The molecule has 1 aromatic heterocycles. The SMILES string of the molecule is C[C@@H]1CN(CC(=O)N2CC(C)(C)c3nc(CO)c(Cc4cccc(F)c4)cc32)[C@@H](CN2CCOC[C@H]2C)CN1. The van der Waals surface area contributed by atoms with Crippen LogP contribution in [-0.4, -0.2) is 96.4 Å². The second kappa shape index (κ2) is 11.6. The average Bonchev–Trinajstić information content (AvgIpc) is 3.16. The van der Waals surface area contributed by atoms with Gasteiger partial charge in [-0.3, -0.25) is 19.6 Å². The predicted molar refractivity (Wildman–Crippen MR) is 149 cm³/mol. The van der Waals surface area contributed by atoms with Crippen molar-refractivity contribution in [1.82, 2.24) is 20.1 Å². The fourth-order valence-electron chi connectivity index (χ4n) is 6.19. The summed E-state index contributed by atoms with van der Waals surface area (Å²) in [5.74, 6) is -0.234. The van der Waals surface area contributed by atoms with Crippen LogP contribution in [0.15, 0.2) is 30.3 Å². The van der Waals surface area contributed by atoms with Gasteiger partial charge in [0, 0.05) is 56.3 Å². The largest absolute Gasteiger partial charge is 0.390 e. The Morgan fingerprint density at radius 2 is 2.08 bits per heavy atom. The summed E-state index contributed by atoms with van der Waals surface area (Å²) in [6.45, 7) is 14.2. The highest BCUT2D eigenvalue weighted by atomic mass is 19.1. The van der Waals surface area contributed by atoms with E-state index in [9.17, 15) is 14.3 Å². The molecule has 1 amide bonds. The Kier molecular flexibility index (Phi) is 8.35. The lowest BCUT2D eigenvalue weighted by atomic mass is 9.90. The first kappa shape index (κ1) is 28.1. The topological polar surface area (TPSA) is 81.2 Å². The van der Waals surface area contributed by atoms with Gasteiger partial charge < -0.3 is 20.1 Å². The summed E-state index contributed by atoms with van der Waals surface area (Å²) in [4.78, 5) is 25.5. The standard InChI is InChI=1S/C30H42FN5O3/c1-20-14-35(25(13-32-20)15-34-8-9-39-18-21(34)2)16-28(38)36-19-30(3,4)29-27(36)12-23(26(17-37)33-29)10-22-6-5-7-24(31)11-22/h5-7,11-12,20-21,25,32,37H,8-10,13-19H2,1-4H3/t20-,21-,25-/m1/s1. The number of anilines is 1. The molecule has 1 aromatic carbocycles. The summed E-state index contributed by atoms with van der Waals surface area (Å²) >= 11 is 0. The van der Waals surface area contributed by atoms with E-state index in [1.807, 2.05) is 17.0 Å². The molecule has 0 aliphatic carbocycles. The zero-order chi connectivity index (χ0) is 27.7. The zero-order valence-electron chi connectivity index (χ0n) is 23.6. The Bertz CT molecular complexity index is 1190. The summed E-state index contributed by atoms with van der Waals surface area (Å²) in [7, 11) is 0. The van der Waals surface area contributed by atoms with Crippen LogP contribution in [0.1, 0.15) is 50.2 Å². The monoisotopic (exact) mass is 539 g/mol. The van der Waals surface area contributed by atoms with Crippen LogP contribution in [-0.2, 0) is 28.0 Å². The molecule has 2 fully saturated rings. The van der Waals surface area contributed by atoms with Gasteiger partial charge in [-0.1, -0.05) is 26.0 Å². The maximum atomic E-state index is 13.9. The van der Waals surface area contributed by atoms with Crippen LogP contribution < -0.4 is 10.2 Å². The fraction of sp³-hybridized carbons (Fsp3) is 0.600.